The smallest absolute Gasteiger partial charge is 0.223 e. The Labute approximate surface area is 115 Å². The van der Waals surface area contributed by atoms with Gasteiger partial charge in [0.2, 0.25) is 5.91 Å². The van der Waals surface area contributed by atoms with Gasteiger partial charge in [-0.05, 0) is 31.2 Å². The van der Waals surface area contributed by atoms with Gasteiger partial charge in [-0.25, -0.2) is 0 Å². The van der Waals surface area contributed by atoms with E-state index in [1.807, 2.05) is 6.20 Å². The number of hydrogen-bond donors (Lipinski definition) is 2. The molecule has 4 heteroatoms. The molecule has 106 valence electrons. The molecule has 2 N–H and O–H groups in total. The Morgan fingerprint density at radius 3 is 2.89 bits per heavy atom. The van der Waals surface area contributed by atoms with Gasteiger partial charge >= 0.3 is 0 Å². The van der Waals surface area contributed by atoms with Crippen molar-refractivity contribution in [3.63, 3.8) is 0 Å². The first kappa shape index (κ1) is 14.1. The maximum atomic E-state index is 12.3. The van der Waals surface area contributed by atoms with Gasteiger partial charge in [-0.1, -0.05) is 26.7 Å². The number of amides is 1. The van der Waals surface area contributed by atoms with Crippen LogP contribution < -0.4 is 5.32 Å². The molecule has 0 fully saturated rings. The third-order valence-corrected chi connectivity index (χ3v) is 4.01. The lowest BCUT2D eigenvalue weighted by atomic mass is 9.92. The minimum atomic E-state index is 0.193. The minimum absolute atomic E-state index is 0.193. The predicted octanol–water partition coefficient (Wildman–Crippen LogP) is 2.60. The van der Waals surface area contributed by atoms with Crippen LogP contribution in [0.3, 0.4) is 0 Å². The van der Waals surface area contributed by atoms with Crippen LogP contribution in [0.5, 0.6) is 0 Å². The molecule has 1 aliphatic rings. The van der Waals surface area contributed by atoms with E-state index in [0.717, 1.165) is 44.9 Å². The molecule has 1 atom stereocenters. The molecule has 0 aliphatic heterocycles. The number of nitrogens with zero attached hydrogens (tertiary/aromatic N) is 1. The van der Waals surface area contributed by atoms with Gasteiger partial charge in [0.05, 0.1) is 6.20 Å². The molecule has 0 radical (unpaired) electrons. The molecule has 19 heavy (non-hydrogen) atoms. The highest BCUT2D eigenvalue weighted by molar-refractivity contribution is 5.79. The highest BCUT2D eigenvalue weighted by atomic mass is 16.1. The van der Waals surface area contributed by atoms with Gasteiger partial charge in [-0.3, -0.25) is 9.89 Å². The van der Waals surface area contributed by atoms with E-state index < -0.39 is 0 Å². The summed E-state index contributed by atoms with van der Waals surface area (Å²) >= 11 is 0. The van der Waals surface area contributed by atoms with Gasteiger partial charge in [0.1, 0.15) is 0 Å². The summed E-state index contributed by atoms with van der Waals surface area (Å²) in [5.41, 5.74) is 2.50. The summed E-state index contributed by atoms with van der Waals surface area (Å²) in [7, 11) is 0. The Bertz CT molecular complexity index is 407. The molecule has 0 saturated carbocycles. The van der Waals surface area contributed by atoms with Gasteiger partial charge in [-0.15, -0.1) is 0 Å². The third-order valence-electron chi connectivity index (χ3n) is 4.01. The van der Waals surface area contributed by atoms with Crippen molar-refractivity contribution < 1.29 is 4.79 Å². The lowest BCUT2D eigenvalue weighted by molar-refractivity contribution is -0.126. The second-order valence-corrected chi connectivity index (χ2v) is 5.60. The molecule has 0 bridgehead atoms. The SMILES string of the molecule is CCCC(CCC)C(=O)N[C@@H]1CCc2cn[nH]c2C1. The maximum Gasteiger partial charge on any atom is 0.223 e. The number of aromatic amines is 1. The van der Waals surface area contributed by atoms with Crippen LogP contribution in [0, 0.1) is 5.92 Å². The highest BCUT2D eigenvalue weighted by Crippen LogP contribution is 2.20. The monoisotopic (exact) mass is 263 g/mol. The van der Waals surface area contributed by atoms with E-state index in [0.29, 0.717) is 0 Å². The van der Waals surface area contributed by atoms with E-state index in [4.69, 9.17) is 0 Å². The Morgan fingerprint density at radius 1 is 1.47 bits per heavy atom. The number of carbonyl (C=O) groups is 1. The molecule has 1 aromatic heterocycles. The van der Waals surface area contributed by atoms with Crippen LogP contribution in [0.2, 0.25) is 0 Å². The summed E-state index contributed by atoms with van der Waals surface area (Å²) in [5.74, 6) is 0.440. The van der Waals surface area contributed by atoms with Crippen LogP contribution >= 0.6 is 0 Å². The average Bonchev–Trinajstić information content (AvgIpc) is 2.86. The fourth-order valence-electron chi connectivity index (χ4n) is 2.95. The normalized spacial score (nSPS) is 18.4. The number of fused-ring (bicyclic) bond motifs is 1. The van der Waals surface area contributed by atoms with Crippen molar-refractivity contribution in [1.82, 2.24) is 15.5 Å². The number of carbonyl (C=O) groups excluding carboxylic acids is 1. The first-order chi connectivity index (χ1) is 9.24. The van der Waals surface area contributed by atoms with Gasteiger partial charge in [0.25, 0.3) is 0 Å². The van der Waals surface area contributed by atoms with Crippen LogP contribution in [0.25, 0.3) is 0 Å². The summed E-state index contributed by atoms with van der Waals surface area (Å²) < 4.78 is 0. The molecule has 1 heterocycles. The Balaban J connectivity index is 1.88. The molecule has 0 saturated heterocycles. The topological polar surface area (TPSA) is 57.8 Å². The van der Waals surface area contributed by atoms with E-state index in [-0.39, 0.29) is 17.9 Å². The molecule has 1 aromatic rings. The maximum absolute atomic E-state index is 12.3. The van der Waals surface area contributed by atoms with E-state index in [1.54, 1.807) is 0 Å². The first-order valence-corrected chi connectivity index (χ1v) is 7.56. The minimum Gasteiger partial charge on any atom is -0.353 e. The van der Waals surface area contributed by atoms with Crippen LogP contribution in [0.15, 0.2) is 6.20 Å². The molecular formula is C15H25N3O. The molecule has 4 nitrogen and oxygen atoms in total. The zero-order valence-electron chi connectivity index (χ0n) is 12.0. The molecule has 0 aromatic carbocycles. The third kappa shape index (κ3) is 3.58. The van der Waals surface area contributed by atoms with Crippen molar-refractivity contribution in [1.29, 1.82) is 0 Å². The number of aromatic nitrogens is 2. The highest BCUT2D eigenvalue weighted by Gasteiger charge is 2.24. The fourth-order valence-corrected chi connectivity index (χ4v) is 2.95. The van der Waals surface area contributed by atoms with Crippen molar-refractivity contribution >= 4 is 5.91 Å². The van der Waals surface area contributed by atoms with Crippen molar-refractivity contribution in [3.8, 4) is 0 Å². The van der Waals surface area contributed by atoms with Gasteiger partial charge < -0.3 is 5.32 Å². The second-order valence-electron chi connectivity index (χ2n) is 5.60. The number of H-pyrrole nitrogens is 1. The number of hydrogen-bond acceptors (Lipinski definition) is 2. The van der Waals surface area contributed by atoms with Gasteiger partial charge in [-0.2, -0.15) is 5.10 Å². The van der Waals surface area contributed by atoms with E-state index in [9.17, 15) is 4.79 Å². The van der Waals surface area contributed by atoms with Crippen molar-refractivity contribution in [2.24, 2.45) is 5.92 Å². The fraction of sp³-hybridized carbons (Fsp3) is 0.733. The van der Waals surface area contributed by atoms with Crippen molar-refractivity contribution in [2.75, 3.05) is 0 Å². The zero-order chi connectivity index (χ0) is 13.7. The van der Waals surface area contributed by atoms with Crippen LogP contribution in [-0.2, 0) is 17.6 Å². The summed E-state index contributed by atoms with van der Waals surface area (Å²) in [6.07, 6.45) is 9.01. The lowest BCUT2D eigenvalue weighted by Gasteiger charge is -2.25. The van der Waals surface area contributed by atoms with Gasteiger partial charge in [0.15, 0.2) is 0 Å². The van der Waals surface area contributed by atoms with Gasteiger partial charge in [0, 0.05) is 24.1 Å². The second kappa shape index (κ2) is 6.73. The summed E-state index contributed by atoms with van der Waals surface area (Å²) in [5, 5.41) is 10.3. The Kier molecular flexibility index (Phi) is 5.00. The molecule has 2 rings (SSSR count). The number of aryl methyl sites for hydroxylation is 1. The molecule has 1 amide bonds. The van der Waals surface area contributed by atoms with Crippen molar-refractivity contribution in [2.45, 2.75) is 64.8 Å². The van der Waals surface area contributed by atoms with E-state index >= 15 is 0 Å². The average molecular weight is 263 g/mol. The number of nitrogens with one attached hydrogen (secondary N) is 2. The van der Waals surface area contributed by atoms with Crippen molar-refractivity contribution in [3.05, 3.63) is 17.5 Å². The number of rotatable bonds is 6. The standard InChI is InChI=1S/C15H25N3O/c1-3-5-11(6-4-2)15(19)17-13-8-7-12-10-16-18-14(12)9-13/h10-11,13H,3-9H2,1-2H3,(H,16,18)(H,17,19)/t13-/m1/s1. The molecule has 0 spiro atoms. The Morgan fingerprint density at radius 2 is 2.21 bits per heavy atom. The molecule has 0 unspecified atom stereocenters. The Hall–Kier alpha value is -1.32. The lowest BCUT2D eigenvalue weighted by Crippen LogP contribution is -2.42. The quantitative estimate of drug-likeness (QED) is 0.829. The van der Waals surface area contributed by atoms with Crippen LogP contribution in [0.4, 0.5) is 0 Å². The summed E-state index contributed by atoms with van der Waals surface area (Å²) in [4.78, 5) is 12.3. The summed E-state index contributed by atoms with van der Waals surface area (Å²) in [6, 6.07) is 0.275. The van der Waals surface area contributed by atoms with Crippen LogP contribution in [-0.4, -0.2) is 22.1 Å². The molecule has 1 aliphatic carbocycles. The van der Waals surface area contributed by atoms with Crippen LogP contribution in [0.1, 0.15) is 57.2 Å². The largest absolute Gasteiger partial charge is 0.353 e. The van der Waals surface area contributed by atoms with E-state index in [1.165, 1.54) is 11.3 Å². The first-order valence-electron chi connectivity index (χ1n) is 7.56. The predicted molar refractivity (Wildman–Crippen MR) is 75.8 cm³/mol. The van der Waals surface area contributed by atoms with E-state index in [2.05, 4.69) is 29.4 Å². The molecular weight excluding hydrogens is 238 g/mol. The zero-order valence-corrected chi connectivity index (χ0v) is 12.0. The summed E-state index contributed by atoms with van der Waals surface area (Å²) in [6.45, 7) is 4.29.